The van der Waals surface area contributed by atoms with Crippen LogP contribution in [-0.2, 0) is 17.8 Å². The molecule has 5 rings (SSSR count). The van der Waals surface area contributed by atoms with Gasteiger partial charge in [-0.3, -0.25) is 19.6 Å². The van der Waals surface area contributed by atoms with Gasteiger partial charge in [0.25, 0.3) is 0 Å². The number of urea groups is 1. The molecule has 4 aromatic rings. The molecule has 0 saturated heterocycles. The van der Waals surface area contributed by atoms with Gasteiger partial charge in [0, 0.05) is 49.1 Å². The number of amides is 3. The minimum Gasteiger partial charge on any atom is -0.492 e. The van der Waals surface area contributed by atoms with E-state index in [1.165, 1.54) is 9.80 Å². The highest BCUT2D eigenvalue weighted by atomic mass is 35.5. The number of carbonyl (C=O) groups excluding carboxylic acids is 2. The van der Waals surface area contributed by atoms with Crippen LogP contribution >= 0.6 is 11.6 Å². The molecule has 1 aliphatic rings. The van der Waals surface area contributed by atoms with E-state index in [2.05, 4.69) is 44.3 Å². The van der Waals surface area contributed by atoms with Crippen LogP contribution in [0.25, 0.3) is 0 Å². The Balaban J connectivity index is 1.25. The van der Waals surface area contributed by atoms with Gasteiger partial charge < -0.3 is 20.3 Å². The molecule has 2 aromatic heterocycles. The van der Waals surface area contributed by atoms with Crippen LogP contribution < -0.4 is 25.2 Å². The first-order valence-electron chi connectivity index (χ1n) is 14.5. The van der Waals surface area contributed by atoms with E-state index >= 15 is 0 Å². The topological polar surface area (TPSA) is 116 Å². The Bertz CT molecular complexity index is 1600. The van der Waals surface area contributed by atoms with Crippen LogP contribution in [0, 0.1) is 0 Å². The maximum Gasteiger partial charge on any atom is 0.330 e. The predicted octanol–water partition coefficient (Wildman–Crippen LogP) is 5.75. The summed E-state index contributed by atoms with van der Waals surface area (Å²) in [6.45, 7) is 7.98. The standard InChI is InChI=1S/C32H35ClN8O3/c1-4-40(5-2)15-16-44-26-11-8-24(9-12-26)37-31-35-20-23-21-41(32(43)39(3)30(23)38-31)28-18-25(10-13-27(28)33)36-29(42)17-22-7-6-14-34-19-22/h6-14,18-20H,4-5,15-17,21H2,1-3H3,(H,36,42)(H,35,37,38). The molecular formula is C32H35ClN8O3. The largest absolute Gasteiger partial charge is 0.492 e. The monoisotopic (exact) mass is 614 g/mol. The van der Waals surface area contributed by atoms with Crippen molar-refractivity contribution in [1.29, 1.82) is 0 Å². The molecule has 228 valence electrons. The van der Waals surface area contributed by atoms with Crippen molar-refractivity contribution in [3.8, 4) is 5.75 Å². The second kappa shape index (κ2) is 14.2. The maximum absolute atomic E-state index is 13.5. The second-order valence-electron chi connectivity index (χ2n) is 10.2. The van der Waals surface area contributed by atoms with Gasteiger partial charge in [-0.2, -0.15) is 4.98 Å². The third-order valence-electron chi connectivity index (χ3n) is 7.29. The van der Waals surface area contributed by atoms with Crippen LogP contribution in [0.2, 0.25) is 5.02 Å². The summed E-state index contributed by atoms with van der Waals surface area (Å²) >= 11 is 6.53. The van der Waals surface area contributed by atoms with Gasteiger partial charge in [0.2, 0.25) is 11.9 Å². The second-order valence-corrected chi connectivity index (χ2v) is 10.7. The van der Waals surface area contributed by atoms with E-state index in [9.17, 15) is 9.59 Å². The van der Waals surface area contributed by atoms with Crippen molar-refractivity contribution in [2.75, 3.05) is 53.7 Å². The van der Waals surface area contributed by atoms with E-state index in [0.717, 1.165) is 42.2 Å². The quantitative estimate of drug-likeness (QED) is 0.207. The van der Waals surface area contributed by atoms with Crippen LogP contribution in [-0.4, -0.2) is 65.1 Å². The van der Waals surface area contributed by atoms with Crippen molar-refractivity contribution in [3.63, 3.8) is 0 Å². The molecule has 0 spiro atoms. The number of anilines is 5. The fourth-order valence-electron chi connectivity index (χ4n) is 4.84. The summed E-state index contributed by atoms with van der Waals surface area (Å²) in [7, 11) is 1.65. The third-order valence-corrected chi connectivity index (χ3v) is 7.61. The lowest BCUT2D eigenvalue weighted by atomic mass is 10.1. The molecule has 0 saturated carbocycles. The molecule has 0 atom stereocenters. The number of hydrogen-bond donors (Lipinski definition) is 2. The lowest BCUT2D eigenvalue weighted by molar-refractivity contribution is -0.115. The van der Waals surface area contributed by atoms with Crippen molar-refractivity contribution < 1.29 is 14.3 Å². The van der Waals surface area contributed by atoms with E-state index in [-0.39, 0.29) is 24.9 Å². The van der Waals surface area contributed by atoms with Crippen LogP contribution in [0.4, 0.5) is 33.6 Å². The normalized spacial score (nSPS) is 12.7. The molecule has 1 aliphatic heterocycles. The highest BCUT2D eigenvalue weighted by Gasteiger charge is 2.32. The van der Waals surface area contributed by atoms with Gasteiger partial charge in [-0.25, -0.2) is 9.78 Å². The fourth-order valence-corrected chi connectivity index (χ4v) is 5.06. The SMILES string of the molecule is CCN(CC)CCOc1ccc(Nc2ncc3c(n2)N(C)C(=O)N(c2cc(NC(=O)Cc4cccnc4)ccc2Cl)C3)cc1. The number of pyridine rings is 1. The summed E-state index contributed by atoms with van der Waals surface area (Å²) in [6, 6.07) is 15.9. The van der Waals surface area contributed by atoms with Gasteiger partial charge in [0.05, 0.1) is 23.7 Å². The molecule has 3 amide bonds. The van der Waals surface area contributed by atoms with Crippen LogP contribution in [0.1, 0.15) is 25.0 Å². The number of benzene rings is 2. The summed E-state index contributed by atoms with van der Waals surface area (Å²) < 4.78 is 5.87. The van der Waals surface area contributed by atoms with Crippen molar-refractivity contribution in [1.82, 2.24) is 19.9 Å². The zero-order chi connectivity index (χ0) is 31.1. The average molecular weight is 615 g/mol. The summed E-state index contributed by atoms with van der Waals surface area (Å²) in [6.07, 6.45) is 5.17. The number of fused-ring (bicyclic) bond motifs is 1. The number of likely N-dealkylation sites (N-methyl/N-ethyl adjacent to an activating group) is 1. The number of aromatic nitrogens is 3. The number of nitrogens with zero attached hydrogens (tertiary/aromatic N) is 6. The Morgan fingerprint density at radius 1 is 1.07 bits per heavy atom. The molecular weight excluding hydrogens is 580 g/mol. The molecule has 2 N–H and O–H groups in total. The Hall–Kier alpha value is -4.74. The Morgan fingerprint density at radius 2 is 1.84 bits per heavy atom. The lowest BCUT2D eigenvalue weighted by Crippen LogP contribution is -2.46. The molecule has 0 radical (unpaired) electrons. The average Bonchev–Trinajstić information content (AvgIpc) is 3.03. The first kappa shape index (κ1) is 30.7. The van der Waals surface area contributed by atoms with Gasteiger partial charge in [-0.1, -0.05) is 31.5 Å². The first-order valence-corrected chi connectivity index (χ1v) is 14.8. The molecule has 0 bridgehead atoms. The Labute approximate surface area is 261 Å². The van der Waals surface area contributed by atoms with Crippen LogP contribution in [0.3, 0.4) is 0 Å². The van der Waals surface area contributed by atoms with E-state index in [0.29, 0.717) is 34.8 Å². The Morgan fingerprint density at radius 3 is 2.57 bits per heavy atom. The van der Waals surface area contributed by atoms with Crippen LogP contribution in [0.5, 0.6) is 5.75 Å². The fraction of sp³-hybridized carbons (Fsp3) is 0.281. The van der Waals surface area contributed by atoms with Gasteiger partial charge in [-0.15, -0.1) is 0 Å². The number of nitrogens with one attached hydrogen (secondary N) is 2. The zero-order valence-electron chi connectivity index (χ0n) is 25.0. The molecule has 2 aromatic carbocycles. The van der Waals surface area contributed by atoms with E-state index in [1.807, 2.05) is 30.3 Å². The number of halogens is 1. The van der Waals surface area contributed by atoms with Crippen molar-refractivity contribution in [2.24, 2.45) is 0 Å². The molecule has 0 unspecified atom stereocenters. The summed E-state index contributed by atoms with van der Waals surface area (Å²) in [5, 5.41) is 6.45. The van der Waals surface area contributed by atoms with E-state index in [1.54, 1.807) is 49.9 Å². The van der Waals surface area contributed by atoms with Crippen LogP contribution in [0.15, 0.2) is 73.2 Å². The summed E-state index contributed by atoms with van der Waals surface area (Å²) in [5.41, 5.74) is 3.33. The van der Waals surface area contributed by atoms with Crippen molar-refractivity contribution in [2.45, 2.75) is 26.8 Å². The van der Waals surface area contributed by atoms with Gasteiger partial charge in [0.1, 0.15) is 18.2 Å². The van der Waals surface area contributed by atoms with Gasteiger partial charge >= 0.3 is 6.03 Å². The molecule has 12 heteroatoms. The zero-order valence-corrected chi connectivity index (χ0v) is 25.7. The highest BCUT2D eigenvalue weighted by molar-refractivity contribution is 6.34. The number of carbonyl (C=O) groups is 2. The lowest BCUT2D eigenvalue weighted by Gasteiger charge is -2.34. The highest BCUT2D eigenvalue weighted by Crippen LogP contribution is 2.35. The number of hydrogen-bond acceptors (Lipinski definition) is 8. The molecule has 0 fully saturated rings. The van der Waals surface area contributed by atoms with E-state index < -0.39 is 0 Å². The number of rotatable bonds is 12. The van der Waals surface area contributed by atoms with Crippen molar-refractivity contribution in [3.05, 3.63) is 89.3 Å². The summed E-state index contributed by atoms with van der Waals surface area (Å²) in [5.74, 6) is 1.44. The minimum absolute atomic E-state index is 0.174. The first-order chi connectivity index (χ1) is 21.3. The van der Waals surface area contributed by atoms with Crippen molar-refractivity contribution >= 4 is 52.4 Å². The number of ether oxygens (including phenoxy) is 1. The van der Waals surface area contributed by atoms with Gasteiger partial charge in [0.15, 0.2) is 0 Å². The third kappa shape index (κ3) is 7.42. The molecule has 44 heavy (non-hydrogen) atoms. The van der Waals surface area contributed by atoms with Gasteiger partial charge in [-0.05, 0) is 67.2 Å². The molecule has 11 nitrogen and oxygen atoms in total. The minimum atomic E-state index is -0.311. The smallest absolute Gasteiger partial charge is 0.330 e. The maximum atomic E-state index is 13.5. The van der Waals surface area contributed by atoms with E-state index in [4.69, 9.17) is 16.3 Å². The predicted molar refractivity (Wildman–Crippen MR) is 173 cm³/mol. The Kier molecular flexibility index (Phi) is 9.88. The molecule has 0 aliphatic carbocycles. The summed E-state index contributed by atoms with van der Waals surface area (Å²) in [4.78, 5) is 44.6. The molecule has 3 heterocycles.